The lowest BCUT2D eigenvalue weighted by Crippen LogP contribution is -2.37. The summed E-state index contributed by atoms with van der Waals surface area (Å²) >= 11 is 0. The van der Waals surface area contributed by atoms with Gasteiger partial charge in [0.05, 0.1) is 5.69 Å². The van der Waals surface area contributed by atoms with Crippen LogP contribution in [-0.4, -0.2) is 24.1 Å². The van der Waals surface area contributed by atoms with Gasteiger partial charge in [-0.15, -0.1) is 0 Å². The fraction of sp³-hybridized carbons (Fsp3) is 0.423. The van der Waals surface area contributed by atoms with Crippen molar-refractivity contribution in [3.63, 3.8) is 0 Å². The highest BCUT2D eigenvalue weighted by molar-refractivity contribution is 6.45. The van der Waals surface area contributed by atoms with Gasteiger partial charge in [0.15, 0.2) is 5.71 Å². The minimum atomic E-state index is -0.250. The standard InChI is InChI=1S/C26H33N3O2/c1-3-4-10-19-27-25(30)24(21-17-15-20(2)16-18-21)28-29(23-13-6-5-7-14-23)26(31)22-11-8-9-12-22/h5-7,13-18,22H,3-4,8-12,19H2,1-2H3,(H,27,30). The molecule has 0 radical (unpaired) electrons. The Morgan fingerprint density at radius 2 is 1.68 bits per heavy atom. The Balaban J connectivity index is 1.97. The van der Waals surface area contributed by atoms with Crippen molar-refractivity contribution in [3.05, 3.63) is 65.7 Å². The molecule has 0 saturated heterocycles. The summed E-state index contributed by atoms with van der Waals surface area (Å²) in [5.41, 5.74) is 2.77. The monoisotopic (exact) mass is 419 g/mol. The number of para-hydroxylation sites is 1. The SMILES string of the molecule is CCCCCNC(=O)C(=NN(C(=O)C1CCCC1)c1ccccc1)c1ccc(C)cc1. The lowest BCUT2D eigenvalue weighted by Gasteiger charge is -2.22. The zero-order valence-electron chi connectivity index (χ0n) is 18.6. The summed E-state index contributed by atoms with van der Waals surface area (Å²) in [7, 11) is 0. The quantitative estimate of drug-likeness (QED) is 0.344. The molecule has 5 heteroatoms. The van der Waals surface area contributed by atoms with Crippen LogP contribution in [0.3, 0.4) is 0 Å². The molecular formula is C26H33N3O2. The van der Waals surface area contributed by atoms with E-state index in [2.05, 4.69) is 17.3 Å². The van der Waals surface area contributed by atoms with Crippen molar-refractivity contribution < 1.29 is 9.59 Å². The van der Waals surface area contributed by atoms with Gasteiger partial charge >= 0.3 is 0 Å². The average Bonchev–Trinajstić information content (AvgIpc) is 3.33. The van der Waals surface area contributed by atoms with Crippen LogP contribution in [0, 0.1) is 12.8 Å². The van der Waals surface area contributed by atoms with E-state index in [1.807, 2.05) is 61.5 Å². The summed E-state index contributed by atoms with van der Waals surface area (Å²) in [6, 6.07) is 17.1. The smallest absolute Gasteiger partial charge is 0.272 e. The van der Waals surface area contributed by atoms with Crippen LogP contribution in [0.1, 0.15) is 63.0 Å². The number of rotatable bonds is 9. The molecule has 1 aliphatic carbocycles. The first-order valence-corrected chi connectivity index (χ1v) is 11.4. The van der Waals surface area contributed by atoms with Crippen molar-refractivity contribution in [1.82, 2.24) is 5.32 Å². The maximum absolute atomic E-state index is 13.4. The van der Waals surface area contributed by atoms with E-state index in [0.717, 1.165) is 50.5 Å². The van der Waals surface area contributed by atoms with E-state index in [-0.39, 0.29) is 23.4 Å². The molecule has 0 spiro atoms. The molecular weight excluding hydrogens is 386 g/mol. The van der Waals surface area contributed by atoms with Gasteiger partial charge in [-0.25, -0.2) is 0 Å². The van der Waals surface area contributed by atoms with E-state index < -0.39 is 0 Å². The first-order chi connectivity index (χ1) is 15.1. The average molecular weight is 420 g/mol. The summed E-state index contributed by atoms with van der Waals surface area (Å²) in [4.78, 5) is 26.5. The largest absolute Gasteiger partial charge is 0.351 e. The van der Waals surface area contributed by atoms with E-state index in [4.69, 9.17) is 0 Å². The Morgan fingerprint density at radius 3 is 2.32 bits per heavy atom. The van der Waals surface area contributed by atoms with E-state index in [0.29, 0.717) is 17.8 Å². The molecule has 31 heavy (non-hydrogen) atoms. The number of benzene rings is 2. The highest BCUT2D eigenvalue weighted by Gasteiger charge is 2.29. The van der Waals surface area contributed by atoms with Gasteiger partial charge in [-0.1, -0.05) is 80.6 Å². The second-order valence-electron chi connectivity index (χ2n) is 8.24. The van der Waals surface area contributed by atoms with Gasteiger partial charge in [0.1, 0.15) is 0 Å². The maximum atomic E-state index is 13.4. The van der Waals surface area contributed by atoms with Crippen LogP contribution in [0.15, 0.2) is 59.7 Å². The molecule has 0 bridgehead atoms. The number of carbonyl (C=O) groups is 2. The fourth-order valence-electron chi connectivity index (χ4n) is 3.86. The van der Waals surface area contributed by atoms with Crippen LogP contribution < -0.4 is 10.3 Å². The molecule has 1 fully saturated rings. The molecule has 1 N–H and O–H groups in total. The van der Waals surface area contributed by atoms with Gasteiger partial charge in [0.25, 0.3) is 11.8 Å². The number of unbranched alkanes of at least 4 members (excludes halogenated alkanes) is 2. The van der Waals surface area contributed by atoms with Crippen LogP contribution in [0.25, 0.3) is 0 Å². The molecule has 2 aromatic rings. The van der Waals surface area contributed by atoms with Gasteiger partial charge in [-0.2, -0.15) is 10.1 Å². The van der Waals surface area contributed by atoms with Crippen molar-refractivity contribution >= 4 is 23.2 Å². The summed E-state index contributed by atoms with van der Waals surface area (Å²) < 4.78 is 0. The highest BCUT2D eigenvalue weighted by atomic mass is 16.2. The molecule has 0 aliphatic heterocycles. The second kappa shape index (κ2) is 11.4. The third-order valence-corrected chi connectivity index (χ3v) is 5.72. The Kier molecular flexibility index (Phi) is 8.39. The van der Waals surface area contributed by atoms with Crippen molar-refractivity contribution in [2.45, 2.75) is 58.8 Å². The molecule has 0 heterocycles. The lowest BCUT2D eigenvalue weighted by atomic mass is 10.1. The van der Waals surface area contributed by atoms with Crippen molar-refractivity contribution in [3.8, 4) is 0 Å². The van der Waals surface area contributed by atoms with Gasteiger partial charge in [-0.05, 0) is 38.3 Å². The molecule has 5 nitrogen and oxygen atoms in total. The third kappa shape index (κ3) is 6.27. The first kappa shape index (κ1) is 22.7. The molecule has 0 aromatic heterocycles. The van der Waals surface area contributed by atoms with Crippen LogP contribution in [0.5, 0.6) is 0 Å². The van der Waals surface area contributed by atoms with Gasteiger partial charge < -0.3 is 5.32 Å². The predicted molar refractivity (Wildman–Crippen MR) is 126 cm³/mol. The van der Waals surface area contributed by atoms with E-state index >= 15 is 0 Å². The van der Waals surface area contributed by atoms with Crippen molar-refractivity contribution in [2.24, 2.45) is 11.0 Å². The number of hydrogen-bond acceptors (Lipinski definition) is 3. The van der Waals surface area contributed by atoms with Crippen LogP contribution in [0.4, 0.5) is 5.69 Å². The number of nitrogens with zero attached hydrogens (tertiary/aromatic N) is 2. The van der Waals surface area contributed by atoms with Crippen LogP contribution in [-0.2, 0) is 9.59 Å². The molecule has 1 saturated carbocycles. The number of anilines is 1. The fourth-order valence-corrected chi connectivity index (χ4v) is 3.86. The van der Waals surface area contributed by atoms with Crippen molar-refractivity contribution in [2.75, 3.05) is 11.6 Å². The van der Waals surface area contributed by atoms with Gasteiger partial charge in [0, 0.05) is 18.0 Å². The predicted octanol–water partition coefficient (Wildman–Crippen LogP) is 5.23. The maximum Gasteiger partial charge on any atom is 0.272 e. The van der Waals surface area contributed by atoms with Gasteiger partial charge in [-0.3, -0.25) is 9.59 Å². The Morgan fingerprint density at radius 1 is 1.00 bits per heavy atom. The number of hydrogen-bond donors (Lipinski definition) is 1. The highest BCUT2D eigenvalue weighted by Crippen LogP contribution is 2.29. The van der Waals surface area contributed by atoms with Gasteiger partial charge in [0.2, 0.25) is 0 Å². The number of carbonyl (C=O) groups excluding carboxylic acids is 2. The summed E-state index contributed by atoms with van der Waals surface area (Å²) in [5.74, 6) is -0.331. The van der Waals surface area contributed by atoms with E-state index in [1.165, 1.54) is 5.01 Å². The first-order valence-electron chi connectivity index (χ1n) is 11.4. The lowest BCUT2D eigenvalue weighted by molar-refractivity contribution is -0.122. The van der Waals surface area contributed by atoms with Crippen LogP contribution >= 0.6 is 0 Å². The minimum Gasteiger partial charge on any atom is -0.351 e. The number of aryl methyl sites for hydroxylation is 1. The number of hydrazone groups is 1. The van der Waals surface area contributed by atoms with Crippen LogP contribution in [0.2, 0.25) is 0 Å². The molecule has 0 unspecified atom stereocenters. The van der Waals surface area contributed by atoms with Crippen molar-refractivity contribution in [1.29, 1.82) is 0 Å². The normalized spacial score (nSPS) is 14.5. The minimum absolute atomic E-state index is 0.0351. The molecule has 164 valence electrons. The zero-order valence-corrected chi connectivity index (χ0v) is 18.6. The zero-order chi connectivity index (χ0) is 22.1. The Hall–Kier alpha value is -2.95. The second-order valence-corrected chi connectivity index (χ2v) is 8.24. The van der Waals surface area contributed by atoms with E-state index in [1.54, 1.807) is 0 Å². The summed E-state index contributed by atoms with van der Waals surface area (Å²) in [5, 5.41) is 9.11. The molecule has 2 aromatic carbocycles. The topological polar surface area (TPSA) is 61.8 Å². The molecule has 0 atom stereocenters. The third-order valence-electron chi connectivity index (χ3n) is 5.72. The Labute approximate surface area is 185 Å². The Bertz CT molecular complexity index is 885. The number of amides is 2. The molecule has 1 aliphatic rings. The van der Waals surface area contributed by atoms with E-state index in [9.17, 15) is 9.59 Å². The molecule has 3 rings (SSSR count). The number of nitrogens with one attached hydrogen (secondary N) is 1. The molecule has 2 amide bonds. The summed E-state index contributed by atoms with van der Waals surface area (Å²) in [6.07, 6.45) is 6.95. The summed E-state index contributed by atoms with van der Waals surface area (Å²) in [6.45, 7) is 4.73.